The van der Waals surface area contributed by atoms with Crippen molar-refractivity contribution in [2.75, 3.05) is 12.4 Å². The molecule has 3 aromatic carbocycles. The second-order valence-electron chi connectivity index (χ2n) is 8.05. The Labute approximate surface area is 181 Å². The Hall–Kier alpha value is -3.47. The molecule has 0 heterocycles. The summed E-state index contributed by atoms with van der Waals surface area (Å²) in [6.45, 7) is 3.30. The summed E-state index contributed by atoms with van der Waals surface area (Å²) in [6, 6.07) is 17.5. The predicted octanol–water partition coefficient (Wildman–Crippen LogP) is 5.68. The Morgan fingerprint density at radius 1 is 0.968 bits per heavy atom. The minimum Gasteiger partial charge on any atom is -0.497 e. The zero-order chi connectivity index (χ0) is 22.2. The van der Waals surface area contributed by atoms with Crippen LogP contribution in [0, 0.1) is 12.7 Å². The molecule has 1 aliphatic rings. The van der Waals surface area contributed by atoms with Crippen LogP contribution in [0.3, 0.4) is 0 Å². The van der Waals surface area contributed by atoms with Crippen LogP contribution in [0.25, 0.3) is 11.1 Å². The Bertz CT molecular complexity index is 1160. The molecule has 1 amide bonds. The summed E-state index contributed by atoms with van der Waals surface area (Å²) in [5.74, 6) is 0.0356. The molecule has 1 N–H and O–H groups in total. The van der Waals surface area contributed by atoms with Gasteiger partial charge in [-0.05, 0) is 73.7 Å². The Balaban J connectivity index is 1.60. The molecule has 1 fully saturated rings. The van der Waals surface area contributed by atoms with Crippen LogP contribution in [0.15, 0.2) is 60.7 Å². The van der Waals surface area contributed by atoms with Crippen molar-refractivity contribution in [3.8, 4) is 16.9 Å². The van der Waals surface area contributed by atoms with Crippen molar-refractivity contribution < 1.29 is 18.7 Å². The van der Waals surface area contributed by atoms with Gasteiger partial charge < -0.3 is 10.1 Å². The standard InChI is InChI=1S/C26H24FNO3/c1-16-4-8-20(15-23(16)22-11-5-18(17(2)29)14-24(22)27)28-25(30)26(12-13-26)19-6-9-21(31-3)10-7-19/h4-11,14-15H,12-13H2,1-3H3,(H,28,30). The van der Waals surface area contributed by atoms with Crippen molar-refractivity contribution in [1.82, 2.24) is 0 Å². The van der Waals surface area contributed by atoms with Crippen molar-refractivity contribution in [3.05, 3.63) is 83.2 Å². The fourth-order valence-corrected chi connectivity index (χ4v) is 3.88. The quantitative estimate of drug-likeness (QED) is 0.525. The number of benzene rings is 3. The number of ether oxygens (including phenoxy) is 1. The van der Waals surface area contributed by atoms with Crippen LogP contribution in [-0.4, -0.2) is 18.8 Å². The van der Waals surface area contributed by atoms with E-state index in [9.17, 15) is 14.0 Å². The van der Waals surface area contributed by atoms with Gasteiger partial charge in [0.1, 0.15) is 11.6 Å². The number of Topliss-reactive ketones (excluding diaryl/α,β-unsaturated/α-hetero) is 1. The Morgan fingerprint density at radius 3 is 2.26 bits per heavy atom. The number of anilines is 1. The Kier molecular flexibility index (Phi) is 5.36. The average Bonchev–Trinajstić information content (AvgIpc) is 3.57. The molecule has 0 saturated heterocycles. The van der Waals surface area contributed by atoms with Gasteiger partial charge in [0.05, 0.1) is 12.5 Å². The van der Waals surface area contributed by atoms with E-state index in [1.165, 1.54) is 13.0 Å². The fourth-order valence-electron chi connectivity index (χ4n) is 3.88. The van der Waals surface area contributed by atoms with E-state index >= 15 is 0 Å². The number of aryl methyl sites for hydroxylation is 1. The third-order valence-electron chi connectivity index (χ3n) is 5.99. The highest BCUT2D eigenvalue weighted by molar-refractivity contribution is 6.02. The summed E-state index contributed by atoms with van der Waals surface area (Å²) in [6.07, 6.45) is 1.57. The van der Waals surface area contributed by atoms with Gasteiger partial charge in [0, 0.05) is 16.8 Å². The third kappa shape index (κ3) is 3.96. The van der Waals surface area contributed by atoms with Crippen molar-refractivity contribution in [2.45, 2.75) is 32.1 Å². The summed E-state index contributed by atoms with van der Waals surface area (Å²) in [7, 11) is 1.61. The molecule has 0 unspecified atom stereocenters. The lowest BCUT2D eigenvalue weighted by molar-refractivity contribution is -0.118. The zero-order valence-electron chi connectivity index (χ0n) is 17.8. The molecule has 0 aromatic heterocycles. The number of nitrogens with one attached hydrogen (secondary N) is 1. The van der Waals surface area contributed by atoms with Crippen molar-refractivity contribution in [1.29, 1.82) is 0 Å². The topological polar surface area (TPSA) is 55.4 Å². The number of rotatable bonds is 6. The first kappa shape index (κ1) is 20.8. The normalized spacial score (nSPS) is 14.1. The summed E-state index contributed by atoms with van der Waals surface area (Å²) in [5.41, 5.74) is 3.33. The molecule has 0 spiro atoms. The van der Waals surface area contributed by atoms with Crippen LogP contribution < -0.4 is 10.1 Å². The number of methoxy groups -OCH3 is 1. The van der Waals surface area contributed by atoms with Crippen LogP contribution in [0.2, 0.25) is 0 Å². The summed E-state index contributed by atoms with van der Waals surface area (Å²) >= 11 is 0. The van der Waals surface area contributed by atoms with E-state index in [-0.39, 0.29) is 11.7 Å². The second-order valence-corrected chi connectivity index (χ2v) is 8.05. The van der Waals surface area contributed by atoms with Crippen molar-refractivity contribution in [3.63, 3.8) is 0 Å². The lowest BCUT2D eigenvalue weighted by Crippen LogP contribution is -2.27. The van der Waals surface area contributed by atoms with Crippen molar-refractivity contribution in [2.24, 2.45) is 0 Å². The first-order valence-corrected chi connectivity index (χ1v) is 10.2. The molecule has 0 bridgehead atoms. The highest BCUT2D eigenvalue weighted by atomic mass is 19.1. The molecule has 158 valence electrons. The summed E-state index contributed by atoms with van der Waals surface area (Å²) < 4.78 is 19.9. The Morgan fingerprint density at radius 2 is 1.68 bits per heavy atom. The molecule has 4 nitrogen and oxygen atoms in total. The van der Waals surface area contributed by atoms with E-state index in [0.29, 0.717) is 22.4 Å². The molecule has 0 radical (unpaired) electrons. The van der Waals surface area contributed by atoms with Crippen LogP contribution in [-0.2, 0) is 10.2 Å². The number of ketones is 1. The molecule has 31 heavy (non-hydrogen) atoms. The van der Waals surface area contributed by atoms with Gasteiger partial charge in [0.15, 0.2) is 5.78 Å². The van der Waals surface area contributed by atoms with E-state index < -0.39 is 11.2 Å². The number of hydrogen-bond donors (Lipinski definition) is 1. The minimum absolute atomic E-state index is 0.0696. The summed E-state index contributed by atoms with van der Waals surface area (Å²) in [4.78, 5) is 24.6. The maximum Gasteiger partial charge on any atom is 0.235 e. The maximum absolute atomic E-state index is 14.7. The van der Waals surface area contributed by atoms with Gasteiger partial charge in [0.25, 0.3) is 0 Å². The van der Waals surface area contributed by atoms with Crippen LogP contribution in [0.1, 0.15) is 41.3 Å². The highest BCUT2D eigenvalue weighted by Crippen LogP contribution is 2.49. The van der Waals surface area contributed by atoms with E-state index in [0.717, 1.165) is 29.7 Å². The van der Waals surface area contributed by atoms with Gasteiger partial charge in [-0.2, -0.15) is 0 Å². The molecule has 3 aromatic rings. The molecular weight excluding hydrogens is 393 g/mol. The zero-order valence-corrected chi connectivity index (χ0v) is 17.8. The molecule has 1 saturated carbocycles. The lowest BCUT2D eigenvalue weighted by Gasteiger charge is -2.17. The molecule has 0 atom stereocenters. The van der Waals surface area contributed by atoms with Gasteiger partial charge >= 0.3 is 0 Å². The highest BCUT2D eigenvalue weighted by Gasteiger charge is 2.51. The van der Waals surface area contributed by atoms with Crippen LogP contribution >= 0.6 is 0 Å². The van der Waals surface area contributed by atoms with E-state index in [2.05, 4.69) is 5.32 Å². The fraction of sp³-hybridized carbons (Fsp3) is 0.231. The average molecular weight is 417 g/mol. The predicted molar refractivity (Wildman–Crippen MR) is 119 cm³/mol. The van der Waals surface area contributed by atoms with E-state index in [4.69, 9.17) is 4.74 Å². The monoisotopic (exact) mass is 417 g/mol. The van der Waals surface area contributed by atoms with Gasteiger partial charge in [-0.3, -0.25) is 9.59 Å². The number of carbonyl (C=O) groups is 2. The minimum atomic E-state index is -0.536. The molecule has 5 heteroatoms. The van der Waals surface area contributed by atoms with Gasteiger partial charge in [0.2, 0.25) is 5.91 Å². The van der Waals surface area contributed by atoms with Gasteiger partial charge in [-0.15, -0.1) is 0 Å². The SMILES string of the molecule is COc1ccc(C2(C(=O)Nc3ccc(C)c(-c4ccc(C(C)=O)cc4F)c3)CC2)cc1. The van der Waals surface area contributed by atoms with Gasteiger partial charge in [-0.25, -0.2) is 4.39 Å². The van der Waals surface area contributed by atoms with E-state index in [1.54, 1.807) is 25.3 Å². The molecule has 1 aliphatic carbocycles. The largest absolute Gasteiger partial charge is 0.497 e. The van der Waals surface area contributed by atoms with Crippen LogP contribution in [0.4, 0.5) is 10.1 Å². The first-order valence-electron chi connectivity index (χ1n) is 10.2. The maximum atomic E-state index is 14.7. The van der Waals surface area contributed by atoms with Gasteiger partial charge in [-0.1, -0.05) is 30.3 Å². The van der Waals surface area contributed by atoms with Crippen LogP contribution in [0.5, 0.6) is 5.75 Å². The number of carbonyl (C=O) groups excluding carboxylic acids is 2. The molecule has 4 rings (SSSR count). The second kappa shape index (κ2) is 7.99. The van der Waals surface area contributed by atoms with Crippen molar-refractivity contribution >= 4 is 17.4 Å². The summed E-state index contributed by atoms with van der Waals surface area (Å²) in [5, 5.41) is 3.01. The number of halogens is 1. The number of hydrogen-bond acceptors (Lipinski definition) is 3. The third-order valence-corrected chi connectivity index (χ3v) is 5.99. The van der Waals surface area contributed by atoms with E-state index in [1.807, 2.05) is 43.3 Å². The first-order chi connectivity index (χ1) is 14.8. The molecular formula is C26H24FNO3. The molecule has 0 aliphatic heterocycles. The number of amides is 1. The lowest BCUT2D eigenvalue weighted by atomic mass is 9.94. The smallest absolute Gasteiger partial charge is 0.235 e.